The first-order chi connectivity index (χ1) is 6.69. The first-order valence-corrected chi connectivity index (χ1v) is 4.52. The maximum absolute atomic E-state index is 12.2. The van der Waals surface area contributed by atoms with Crippen molar-refractivity contribution < 1.29 is 48.1 Å². The zero-order chi connectivity index (χ0) is 13.6. The zero-order valence-electron chi connectivity index (χ0n) is 7.77. The smallest absolute Gasteiger partial charge is 0.281 e. The Morgan fingerprint density at radius 2 is 1.24 bits per heavy atom. The van der Waals surface area contributed by atoms with Crippen LogP contribution in [0.4, 0.5) is 35.1 Å². The summed E-state index contributed by atoms with van der Waals surface area (Å²) in [6, 6.07) is 0. The molecular formula is C4H2F8KO3S. The number of alkyl halides is 8. The Morgan fingerprint density at radius 1 is 0.941 bits per heavy atom. The van der Waals surface area contributed by atoms with E-state index in [-0.39, 0.29) is 51.4 Å². The van der Waals surface area contributed by atoms with Gasteiger partial charge in [0.05, 0.1) is 0 Å². The van der Waals surface area contributed by atoms with Gasteiger partial charge in [-0.1, -0.05) is 0 Å². The summed E-state index contributed by atoms with van der Waals surface area (Å²) in [5.41, 5.74) is 0. The summed E-state index contributed by atoms with van der Waals surface area (Å²) in [7, 11) is -6.97. The van der Waals surface area contributed by atoms with E-state index < -0.39 is 33.6 Å². The van der Waals surface area contributed by atoms with Gasteiger partial charge in [-0.15, -0.1) is 0 Å². The summed E-state index contributed by atoms with van der Waals surface area (Å²) in [4.78, 5) is 0. The van der Waals surface area contributed by atoms with Crippen LogP contribution in [0.1, 0.15) is 0 Å². The molecule has 13 heteroatoms. The van der Waals surface area contributed by atoms with E-state index in [1.165, 1.54) is 0 Å². The standard InChI is InChI=1S/C4H2F8O3S.K/c5-1(6)2(7,8)3(9,10)4(11,12)16(13,14)15;/h1H,(H,13,14,15);. The average molecular weight is 321 g/mol. The molecule has 0 bridgehead atoms. The minimum Gasteiger partial charge on any atom is -0.281 e. The van der Waals surface area contributed by atoms with E-state index in [2.05, 4.69) is 0 Å². The van der Waals surface area contributed by atoms with Crippen molar-refractivity contribution >= 4 is 61.5 Å². The molecule has 0 saturated heterocycles. The Morgan fingerprint density at radius 3 is 1.41 bits per heavy atom. The molecule has 0 aromatic heterocycles. The molecule has 0 unspecified atom stereocenters. The number of halogens is 8. The molecule has 3 nitrogen and oxygen atoms in total. The Bertz CT molecular complexity index is 365. The molecule has 0 saturated carbocycles. The largest absolute Gasteiger partial charge is 0.438 e. The van der Waals surface area contributed by atoms with Gasteiger partial charge in [0, 0.05) is 51.4 Å². The summed E-state index contributed by atoms with van der Waals surface area (Å²) >= 11 is 0. The van der Waals surface area contributed by atoms with Crippen molar-refractivity contribution in [3.05, 3.63) is 0 Å². The number of hydrogen-bond donors (Lipinski definition) is 1. The van der Waals surface area contributed by atoms with Crippen LogP contribution in [-0.2, 0) is 10.1 Å². The molecule has 0 aliphatic heterocycles. The van der Waals surface area contributed by atoms with E-state index in [4.69, 9.17) is 4.55 Å². The van der Waals surface area contributed by atoms with Crippen molar-refractivity contribution in [2.45, 2.75) is 23.5 Å². The van der Waals surface area contributed by atoms with Crippen molar-refractivity contribution in [3.8, 4) is 0 Å². The Balaban J connectivity index is 0. The second-order valence-electron chi connectivity index (χ2n) is 2.49. The van der Waals surface area contributed by atoms with Crippen molar-refractivity contribution in [2.24, 2.45) is 0 Å². The fraction of sp³-hybridized carbons (Fsp3) is 1.00. The van der Waals surface area contributed by atoms with Gasteiger partial charge in [0.25, 0.3) is 0 Å². The normalized spacial score (nSPS) is 14.7. The molecule has 1 N–H and O–H groups in total. The van der Waals surface area contributed by atoms with Crippen molar-refractivity contribution in [3.63, 3.8) is 0 Å². The van der Waals surface area contributed by atoms with Gasteiger partial charge in [0.1, 0.15) is 0 Å². The third-order valence-corrected chi connectivity index (χ3v) is 2.29. The van der Waals surface area contributed by atoms with Gasteiger partial charge in [-0.2, -0.15) is 34.8 Å². The van der Waals surface area contributed by atoms with Crippen LogP contribution in [0.3, 0.4) is 0 Å². The third-order valence-electron chi connectivity index (χ3n) is 1.38. The van der Waals surface area contributed by atoms with Gasteiger partial charge in [-0.25, -0.2) is 8.78 Å². The van der Waals surface area contributed by atoms with Crippen LogP contribution < -0.4 is 0 Å². The molecule has 0 aliphatic carbocycles. The molecule has 1 radical (unpaired) electrons. The minimum atomic E-state index is -6.97. The Hall–Kier alpha value is 0.986. The Labute approximate surface area is 132 Å². The van der Waals surface area contributed by atoms with Crippen LogP contribution in [0.5, 0.6) is 0 Å². The van der Waals surface area contributed by atoms with Gasteiger partial charge in [-0.05, 0) is 0 Å². The summed E-state index contributed by atoms with van der Waals surface area (Å²) in [5.74, 6) is -13.6. The Kier molecular flexibility index (Phi) is 6.62. The summed E-state index contributed by atoms with van der Waals surface area (Å²) in [5, 5.41) is -6.74. The fourth-order valence-corrected chi connectivity index (χ4v) is 0.953. The van der Waals surface area contributed by atoms with E-state index in [0.29, 0.717) is 0 Å². The second kappa shape index (κ2) is 5.54. The minimum absolute atomic E-state index is 0. The molecule has 0 aliphatic rings. The van der Waals surface area contributed by atoms with Crippen LogP contribution in [0, 0.1) is 0 Å². The van der Waals surface area contributed by atoms with Crippen LogP contribution in [0.25, 0.3) is 0 Å². The predicted octanol–water partition coefficient (Wildman–Crippen LogP) is 1.62. The fourth-order valence-electron chi connectivity index (χ4n) is 0.493. The number of hydrogen-bond acceptors (Lipinski definition) is 2. The summed E-state index contributed by atoms with van der Waals surface area (Å²) < 4.78 is 123. The van der Waals surface area contributed by atoms with E-state index in [1.54, 1.807) is 0 Å². The average Bonchev–Trinajstić information content (AvgIpc) is 2.00. The quantitative estimate of drug-likeness (QED) is 0.486. The van der Waals surface area contributed by atoms with E-state index in [1.807, 2.05) is 0 Å². The molecule has 17 heavy (non-hydrogen) atoms. The molecule has 99 valence electrons. The van der Waals surface area contributed by atoms with Crippen LogP contribution >= 0.6 is 0 Å². The summed E-state index contributed by atoms with van der Waals surface area (Å²) in [6.07, 6.45) is -5.24. The van der Waals surface area contributed by atoms with Crippen molar-refractivity contribution in [1.82, 2.24) is 0 Å². The van der Waals surface area contributed by atoms with Crippen LogP contribution in [-0.4, -0.2) is 87.9 Å². The van der Waals surface area contributed by atoms with Gasteiger partial charge in [0.15, 0.2) is 0 Å². The van der Waals surface area contributed by atoms with Gasteiger partial charge in [-0.3, -0.25) is 4.55 Å². The zero-order valence-corrected chi connectivity index (χ0v) is 11.7. The molecule has 0 amide bonds. The molecule has 0 heterocycles. The topological polar surface area (TPSA) is 54.4 Å². The maximum atomic E-state index is 12.2. The van der Waals surface area contributed by atoms with Gasteiger partial charge >= 0.3 is 33.6 Å². The molecule has 0 aromatic carbocycles. The van der Waals surface area contributed by atoms with Gasteiger partial charge in [0.2, 0.25) is 0 Å². The molecular weight excluding hydrogens is 319 g/mol. The molecule has 0 spiro atoms. The van der Waals surface area contributed by atoms with Crippen LogP contribution in [0.2, 0.25) is 0 Å². The maximum Gasteiger partial charge on any atom is 0.438 e. The first kappa shape index (κ1) is 20.3. The number of rotatable bonds is 4. The van der Waals surface area contributed by atoms with Crippen LogP contribution in [0.15, 0.2) is 0 Å². The van der Waals surface area contributed by atoms with E-state index >= 15 is 0 Å². The monoisotopic (exact) mass is 321 g/mol. The molecule has 0 aromatic rings. The molecule has 0 fully saturated rings. The predicted molar refractivity (Wildman–Crippen MR) is 38.1 cm³/mol. The van der Waals surface area contributed by atoms with E-state index in [0.717, 1.165) is 0 Å². The molecule has 0 atom stereocenters. The van der Waals surface area contributed by atoms with Crippen molar-refractivity contribution in [2.75, 3.05) is 0 Å². The van der Waals surface area contributed by atoms with Crippen molar-refractivity contribution in [1.29, 1.82) is 0 Å². The second-order valence-corrected chi connectivity index (χ2v) is 3.95. The van der Waals surface area contributed by atoms with E-state index in [9.17, 15) is 43.5 Å². The first-order valence-electron chi connectivity index (χ1n) is 3.08. The van der Waals surface area contributed by atoms with Gasteiger partial charge < -0.3 is 0 Å². The molecule has 0 rings (SSSR count). The SMILES string of the molecule is O=S(=O)(O)C(F)(F)C(F)(F)C(F)(F)C(F)F.[K]. The summed E-state index contributed by atoms with van der Waals surface area (Å²) in [6.45, 7) is 0. The third kappa shape index (κ3) is 3.30.